The third kappa shape index (κ3) is 3.45. The largest absolute Gasteiger partial charge is 0.323 e. The summed E-state index contributed by atoms with van der Waals surface area (Å²) in [4.78, 5) is 15.7. The molecule has 2 aromatic rings. The summed E-state index contributed by atoms with van der Waals surface area (Å²) in [5, 5.41) is 11.6. The van der Waals surface area contributed by atoms with Gasteiger partial charge >= 0.3 is 0 Å². The fourth-order valence-electron chi connectivity index (χ4n) is 1.31. The zero-order valence-corrected chi connectivity index (χ0v) is 12.0. The van der Waals surface area contributed by atoms with Crippen LogP contribution in [0.3, 0.4) is 0 Å². The maximum Gasteiger partial charge on any atom is 0.234 e. The summed E-state index contributed by atoms with van der Waals surface area (Å²) in [5.41, 5.74) is 0.504. The van der Waals surface area contributed by atoms with E-state index in [4.69, 9.17) is 11.6 Å². The van der Waals surface area contributed by atoms with Gasteiger partial charge in [-0.2, -0.15) is 0 Å². The summed E-state index contributed by atoms with van der Waals surface area (Å²) in [6.07, 6.45) is 1.56. The molecule has 19 heavy (non-hydrogen) atoms. The van der Waals surface area contributed by atoms with Crippen LogP contribution in [-0.2, 0) is 11.8 Å². The molecule has 0 saturated carbocycles. The Bertz CT molecular complexity index is 601. The van der Waals surface area contributed by atoms with E-state index < -0.39 is 0 Å². The van der Waals surface area contributed by atoms with Crippen molar-refractivity contribution in [1.82, 2.24) is 19.7 Å². The number of hydrogen-bond donors (Lipinski definition) is 1. The van der Waals surface area contributed by atoms with Crippen molar-refractivity contribution in [2.24, 2.45) is 7.05 Å². The van der Waals surface area contributed by atoms with Gasteiger partial charge in [0, 0.05) is 13.2 Å². The topological polar surface area (TPSA) is 72.7 Å². The van der Waals surface area contributed by atoms with Crippen molar-refractivity contribution in [3.63, 3.8) is 0 Å². The Morgan fingerprint density at radius 2 is 2.32 bits per heavy atom. The van der Waals surface area contributed by atoms with E-state index in [0.29, 0.717) is 10.8 Å². The first kappa shape index (κ1) is 13.8. The lowest BCUT2D eigenvalue weighted by Crippen LogP contribution is -2.15. The minimum Gasteiger partial charge on any atom is -0.323 e. The molecule has 0 fully saturated rings. The van der Waals surface area contributed by atoms with Gasteiger partial charge in [-0.3, -0.25) is 4.79 Å². The second kappa shape index (κ2) is 6.03. The SMILES string of the molecule is Cc1nnc(SCC(=O)Nc2cccnc2Cl)n1C. The van der Waals surface area contributed by atoms with Gasteiger partial charge in [-0.25, -0.2) is 4.98 Å². The number of aromatic nitrogens is 4. The zero-order chi connectivity index (χ0) is 13.8. The molecule has 0 radical (unpaired) electrons. The number of thioether (sulfide) groups is 1. The molecule has 8 heteroatoms. The molecule has 0 saturated heterocycles. The first-order chi connectivity index (χ1) is 9.08. The van der Waals surface area contributed by atoms with Gasteiger partial charge in [-0.05, 0) is 19.1 Å². The first-order valence-electron chi connectivity index (χ1n) is 5.47. The molecule has 6 nitrogen and oxygen atoms in total. The van der Waals surface area contributed by atoms with E-state index in [-0.39, 0.29) is 16.8 Å². The highest BCUT2D eigenvalue weighted by Gasteiger charge is 2.10. The Hall–Kier alpha value is -1.60. The van der Waals surface area contributed by atoms with Crippen molar-refractivity contribution in [2.75, 3.05) is 11.1 Å². The molecule has 100 valence electrons. The summed E-state index contributed by atoms with van der Waals surface area (Å²) in [6, 6.07) is 3.41. The van der Waals surface area contributed by atoms with Gasteiger partial charge in [0.2, 0.25) is 5.91 Å². The number of amides is 1. The summed E-state index contributed by atoms with van der Waals surface area (Å²) in [6.45, 7) is 1.85. The minimum absolute atomic E-state index is 0.166. The number of aryl methyl sites for hydroxylation is 1. The number of hydrogen-bond acceptors (Lipinski definition) is 5. The lowest BCUT2D eigenvalue weighted by atomic mass is 10.4. The first-order valence-corrected chi connectivity index (χ1v) is 6.83. The van der Waals surface area contributed by atoms with E-state index in [1.54, 1.807) is 18.3 Å². The van der Waals surface area contributed by atoms with E-state index in [1.807, 2.05) is 18.5 Å². The fraction of sp³-hybridized carbons (Fsp3) is 0.273. The van der Waals surface area contributed by atoms with Gasteiger partial charge in [0.1, 0.15) is 5.82 Å². The van der Waals surface area contributed by atoms with Gasteiger partial charge in [0.05, 0.1) is 11.4 Å². The monoisotopic (exact) mass is 297 g/mol. The van der Waals surface area contributed by atoms with Crippen LogP contribution in [0.25, 0.3) is 0 Å². The Labute approximate surface area is 119 Å². The number of halogens is 1. The molecule has 0 atom stereocenters. The highest BCUT2D eigenvalue weighted by molar-refractivity contribution is 7.99. The molecular weight excluding hydrogens is 286 g/mol. The number of nitrogens with zero attached hydrogens (tertiary/aromatic N) is 4. The Morgan fingerprint density at radius 3 is 2.95 bits per heavy atom. The predicted octanol–water partition coefficient (Wildman–Crippen LogP) is 1.90. The van der Waals surface area contributed by atoms with Crippen molar-refractivity contribution >= 4 is 35.0 Å². The standard InChI is InChI=1S/C11H12ClN5OS/c1-7-15-16-11(17(7)2)19-6-9(18)14-8-4-3-5-13-10(8)12/h3-5H,6H2,1-2H3,(H,14,18). The second-order valence-electron chi connectivity index (χ2n) is 3.77. The van der Waals surface area contributed by atoms with Crippen molar-refractivity contribution in [3.05, 3.63) is 29.3 Å². The van der Waals surface area contributed by atoms with Crippen molar-refractivity contribution in [2.45, 2.75) is 12.1 Å². The number of rotatable bonds is 4. The van der Waals surface area contributed by atoms with Crippen LogP contribution >= 0.6 is 23.4 Å². The molecule has 0 spiro atoms. The van der Waals surface area contributed by atoms with Gasteiger partial charge in [-0.1, -0.05) is 23.4 Å². The summed E-state index contributed by atoms with van der Waals surface area (Å²) in [7, 11) is 1.85. The van der Waals surface area contributed by atoms with Crippen LogP contribution in [0.5, 0.6) is 0 Å². The highest BCUT2D eigenvalue weighted by Crippen LogP contribution is 2.19. The lowest BCUT2D eigenvalue weighted by molar-refractivity contribution is -0.113. The quantitative estimate of drug-likeness (QED) is 0.689. The van der Waals surface area contributed by atoms with E-state index in [1.165, 1.54) is 11.8 Å². The number of anilines is 1. The van der Waals surface area contributed by atoms with Gasteiger partial charge in [-0.15, -0.1) is 10.2 Å². The number of nitrogens with one attached hydrogen (secondary N) is 1. The maximum atomic E-state index is 11.8. The molecule has 0 unspecified atom stereocenters. The Morgan fingerprint density at radius 1 is 1.53 bits per heavy atom. The van der Waals surface area contributed by atoms with E-state index >= 15 is 0 Å². The number of carbonyl (C=O) groups is 1. The van der Waals surface area contributed by atoms with Crippen molar-refractivity contribution < 1.29 is 4.79 Å². The van der Waals surface area contributed by atoms with Crippen LogP contribution in [0.4, 0.5) is 5.69 Å². The number of carbonyl (C=O) groups excluding carboxylic acids is 1. The van der Waals surface area contributed by atoms with Crippen molar-refractivity contribution in [3.8, 4) is 0 Å². The van der Waals surface area contributed by atoms with E-state index in [2.05, 4.69) is 20.5 Å². The average molecular weight is 298 g/mol. The molecule has 2 rings (SSSR count). The third-order valence-corrected chi connectivity index (χ3v) is 3.74. The van der Waals surface area contributed by atoms with Gasteiger partial charge in [0.25, 0.3) is 0 Å². The van der Waals surface area contributed by atoms with Crippen LogP contribution in [0, 0.1) is 6.92 Å². The maximum absolute atomic E-state index is 11.8. The predicted molar refractivity (Wildman–Crippen MR) is 74.3 cm³/mol. The van der Waals surface area contributed by atoms with Crippen LogP contribution in [0.2, 0.25) is 5.15 Å². The summed E-state index contributed by atoms with van der Waals surface area (Å²) < 4.78 is 1.83. The molecule has 1 amide bonds. The normalized spacial score (nSPS) is 10.5. The van der Waals surface area contributed by atoms with E-state index in [0.717, 1.165) is 5.82 Å². The fourth-order valence-corrected chi connectivity index (χ4v) is 2.23. The van der Waals surface area contributed by atoms with Crippen LogP contribution < -0.4 is 5.32 Å². The molecule has 2 aromatic heterocycles. The molecule has 0 aromatic carbocycles. The van der Waals surface area contributed by atoms with Crippen molar-refractivity contribution in [1.29, 1.82) is 0 Å². The molecule has 2 heterocycles. The number of pyridine rings is 1. The van der Waals surface area contributed by atoms with Gasteiger partial charge in [0.15, 0.2) is 10.3 Å². The zero-order valence-electron chi connectivity index (χ0n) is 10.4. The average Bonchev–Trinajstić information content (AvgIpc) is 2.70. The minimum atomic E-state index is -0.166. The molecule has 0 aliphatic rings. The molecular formula is C11H12ClN5OS. The molecule has 0 aliphatic carbocycles. The van der Waals surface area contributed by atoms with Crippen LogP contribution in [0.1, 0.15) is 5.82 Å². The van der Waals surface area contributed by atoms with E-state index in [9.17, 15) is 4.79 Å². The Balaban J connectivity index is 1.92. The third-order valence-electron chi connectivity index (χ3n) is 2.42. The molecule has 0 bridgehead atoms. The van der Waals surface area contributed by atoms with Crippen LogP contribution in [0.15, 0.2) is 23.5 Å². The highest BCUT2D eigenvalue weighted by atomic mass is 35.5. The van der Waals surface area contributed by atoms with Crippen LogP contribution in [-0.4, -0.2) is 31.4 Å². The Kier molecular flexibility index (Phi) is 4.39. The smallest absolute Gasteiger partial charge is 0.234 e. The summed E-state index contributed by atoms with van der Waals surface area (Å²) in [5.74, 6) is 0.871. The van der Waals surface area contributed by atoms with Gasteiger partial charge < -0.3 is 9.88 Å². The second-order valence-corrected chi connectivity index (χ2v) is 5.07. The lowest BCUT2D eigenvalue weighted by Gasteiger charge is -2.05. The molecule has 1 N–H and O–H groups in total. The molecule has 0 aliphatic heterocycles. The summed E-state index contributed by atoms with van der Waals surface area (Å²) >= 11 is 7.17.